The van der Waals surface area contributed by atoms with E-state index in [0.717, 1.165) is 37.6 Å². The van der Waals surface area contributed by atoms with Crippen molar-refractivity contribution in [2.24, 2.45) is 0 Å². The van der Waals surface area contributed by atoms with Crippen LogP contribution in [-0.4, -0.2) is 56.5 Å². The highest BCUT2D eigenvalue weighted by Crippen LogP contribution is 2.24. The number of piperazine rings is 1. The maximum atomic E-state index is 13.1. The summed E-state index contributed by atoms with van der Waals surface area (Å²) in [5.74, 6) is -0.849. The lowest BCUT2D eigenvalue weighted by Gasteiger charge is -2.39. The molecule has 1 aliphatic rings. The summed E-state index contributed by atoms with van der Waals surface area (Å²) in [6.45, 7) is 3.31. The predicted molar refractivity (Wildman–Crippen MR) is 98.7 cm³/mol. The van der Waals surface area contributed by atoms with Gasteiger partial charge in [-0.1, -0.05) is 0 Å². The molecule has 0 spiro atoms. The maximum Gasteiger partial charge on any atom is 0.309 e. The lowest BCUT2D eigenvalue weighted by atomic mass is 10.1. The highest BCUT2D eigenvalue weighted by Gasteiger charge is 2.28. The van der Waals surface area contributed by atoms with Crippen LogP contribution >= 0.6 is 0 Å². The maximum absolute atomic E-state index is 13.1. The van der Waals surface area contributed by atoms with Crippen LogP contribution in [0, 0.1) is 5.82 Å². The van der Waals surface area contributed by atoms with Crippen LogP contribution < -0.4 is 15.5 Å². The number of rotatable bonds is 5. The summed E-state index contributed by atoms with van der Waals surface area (Å²) in [6, 6.07) is 9.98. The van der Waals surface area contributed by atoms with E-state index in [0.29, 0.717) is 0 Å². The summed E-state index contributed by atoms with van der Waals surface area (Å²) in [5, 5.41) is 4.97. The average Bonchev–Trinajstić information content (AvgIpc) is 3.23. The summed E-state index contributed by atoms with van der Waals surface area (Å²) in [5.41, 5.74) is 0.985. The molecule has 1 atom stereocenters. The van der Waals surface area contributed by atoms with Crippen molar-refractivity contribution in [2.75, 3.05) is 44.7 Å². The van der Waals surface area contributed by atoms with E-state index in [4.69, 9.17) is 4.42 Å². The second-order valence-electron chi connectivity index (χ2n) is 6.32. The van der Waals surface area contributed by atoms with Gasteiger partial charge >= 0.3 is 11.8 Å². The monoisotopic (exact) mass is 374 g/mol. The largest absolute Gasteiger partial charge is 0.468 e. The number of carbonyl (C=O) groups excluding carboxylic acids is 2. The predicted octanol–water partition coefficient (Wildman–Crippen LogP) is 1.14. The Balaban J connectivity index is 1.63. The van der Waals surface area contributed by atoms with Crippen molar-refractivity contribution in [3.63, 3.8) is 0 Å². The fourth-order valence-corrected chi connectivity index (χ4v) is 3.22. The van der Waals surface area contributed by atoms with Gasteiger partial charge < -0.3 is 20.0 Å². The molecule has 27 heavy (non-hydrogen) atoms. The summed E-state index contributed by atoms with van der Waals surface area (Å²) < 4.78 is 18.7. The van der Waals surface area contributed by atoms with Crippen molar-refractivity contribution in [2.45, 2.75) is 6.04 Å². The van der Waals surface area contributed by atoms with Gasteiger partial charge in [-0.05, 0) is 36.4 Å². The van der Waals surface area contributed by atoms with Gasteiger partial charge in [-0.3, -0.25) is 14.5 Å². The molecule has 1 saturated heterocycles. The van der Waals surface area contributed by atoms with Crippen molar-refractivity contribution >= 4 is 17.5 Å². The number of hydrogen-bond acceptors (Lipinski definition) is 5. The first-order valence-corrected chi connectivity index (χ1v) is 8.86. The van der Waals surface area contributed by atoms with Crippen LogP contribution in [0.3, 0.4) is 0 Å². The second kappa shape index (κ2) is 8.68. The Labute approximate surface area is 157 Å². The Hall–Kier alpha value is -2.87. The average molecular weight is 374 g/mol. The summed E-state index contributed by atoms with van der Waals surface area (Å²) >= 11 is 0. The minimum absolute atomic E-state index is 0.163. The molecule has 3 rings (SSSR count). The molecule has 2 N–H and O–H groups in total. The minimum Gasteiger partial charge on any atom is -0.468 e. The summed E-state index contributed by atoms with van der Waals surface area (Å²) in [6.07, 6.45) is 1.59. The number of carbonyl (C=O) groups is 2. The van der Waals surface area contributed by atoms with E-state index in [1.165, 1.54) is 19.2 Å². The first-order valence-electron chi connectivity index (χ1n) is 8.86. The van der Waals surface area contributed by atoms with Gasteiger partial charge in [-0.15, -0.1) is 0 Å². The number of likely N-dealkylation sites (N-methyl/N-ethyl adjacent to an activating group) is 1. The number of nitrogens with zero attached hydrogens (tertiary/aromatic N) is 2. The first kappa shape index (κ1) is 18.9. The van der Waals surface area contributed by atoms with E-state index in [9.17, 15) is 14.0 Å². The molecular formula is C19H23FN4O3. The summed E-state index contributed by atoms with van der Waals surface area (Å²) in [4.78, 5) is 27.6. The molecule has 1 aliphatic heterocycles. The fourth-order valence-electron chi connectivity index (χ4n) is 3.22. The van der Waals surface area contributed by atoms with Gasteiger partial charge in [0.2, 0.25) is 0 Å². The van der Waals surface area contributed by atoms with Crippen LogP contribution in [0.5, 0.6) is 0 Å². The molecule has 8 heteroatoms. The lowest BCUT2D eigenvalue weighted by molar-refractivity contribution is -0.139. The van der Waals surface area contributed by atoms with Gasteiger partial charge in [0.1, 0.15) is 11.6 Å². The number of nitrogens with one attached hydrogen (secondary N) is 2. The topological polar surface area (TPSA) is 77.8 Å². The zero-order valence-electron chi connectivity index (χ0n) is 15.2. The Morgan fingerprint density at radius 2 is 1.81 bits per heavy atom. The van der Waals surface area contributed by atoms with E-state index in [1.54, 1.807) is 24.5 Å². The number of benzene rings is 1. The third kappa shape index (κ3) is 4.65. The number of anilines is 1. The zero-order valence-corrected chi connectivity index (χ0v) is 15.2. The van der Waals surface area contributed by atoms with E-state index in [1.807, 2.05) is 6.07 Å². The molecule has 0 aliphatic carbocycles. The molecule has 2 amide bonds. The SMILES string of the molecule is CNC(=O)C(=O)NC[C@@H](c1ccco1)N1CCN(c2ccc(F)cc2)CC1. The standard InChI is InChI=1S/C19H23FN4O3/c1-21-18(25)19(26)22-13-16(17-3-2-12-27-17)24-10-8-23(9-11-24)15-6-4-14(20)5-7-15/h2-7,12,16H,8-11,13H2,1H3,(H,21,25)(H,22,26)/t16-/m0/s1. The molecule has 2 aromatic rings. The van der Waals surface area contributed by atoms with E-state index in [-0.39, 0.29) is 18.4 Å². The fraction of sp³-hybridized carbons (Fsp3) is 0.368. The number of halogens is 1. The van der Waals surface area contributed by atoms with Crippen LogP contribution in [0.15, 0.2) is 47.1 Å². The molecule has 0 bridgehead atoms. The first-order chi connectivity index (χ1) is 13.1. The Morgan fingerprint density at radius 3 is 2.41 bits per heavy atom. The van der Waals surface area contributed by atoms with Crippen molar-refractivity contribution in [3.05, 3.63) is 54.2 Å². The molecule has 144 valence electrons. The third-order valence-corrected chi connectivity index (χ3v) is 4.71. The van der Waals surface area contributed by atoms with Gasteiger partial charge in [0.25, 0.3) is 0 Å². The van der Waals surface area contributed by atoms with E-state index in [2.05, 4.69) is 20.4 Å². The Kier molecular flexibility index (Phi) is 6.08. The molecule has 0 unspecified atom stereocenters. The quantitative estimate of drug-likeness (QED) is 0.768. The molecule has 2 heterocycles. The molecule has 1 aromatic heterocycles. The van der Waals surface area contributed by atoms with Crippen molar-refractivity contribution in [1.29, 1.82) is 0 Å². The van der Waals surface area contributed by atoms with Gasteiger partial charge in [0.15, 0.2) is 0 Å². The normalized spacial score (nSPS) is 16.0. The van der Waals surface area contributed by atoms with E-state index >= 15 is 0 Å². The minimum atomic E-state index is -0.672. The molecule has 1 fully saturated rings. The van der Waals surface area contributed by atoms with Crippen LogP contribution in [0.25, 0.3) is 0 Å². The third-order valence-electron chi connectivity index (χ3n) is 4.71. The highest BCUT2D eigenvalue weighted by atomic mass is 19.1. The number of furan rings is 1. The molecular weight excluding hydrogens is 351 g/mol. The second-order valence-corrected chi connectivity index (χ2v) is 6.32. The molecule has 7 nitrogen and oxygen atoms in total. The van der Waals surface area contributed by atoms with Crippen LogP contribution in [0.2, 0.25) is 0 Å². The zero-order chi connectivity index (χ0) is 19.2. The smallest absolute Gasteiger partial charge is 0.309 e. The molecule has 0 radical (unpaired) electrons. The summed E-state index contributed by atoms with van der Waals surface area (Å²) in [7, 11) is 1.42. The Bertz CT molecular complexity index is 756. The van der Waals surface area contributed by atoms with E-state index < -0.39 is 11.8 Å². The van der Waals surface area contributed by atoms with Crippen molar-refractivity contribution in [3.8, 4) is 0 Å². The van der Waals surface area contributed by atoms with Crippen LogP contribution in [0.1, 0.15) is 11.8 Å². The van der Waals surface area contributed by atoms with Crippen LogP contribution in [0.4, 0.5) is 10.1 Å². The lowest BCUT2D eigenvalue weighted by Crippen LogP contribution is -2.50. The molecule has 0 saturated carbocycles. The van der Waals surface area contributed by atoms with Gasteiger partial charge in [-0.2, -0.15) is 0 Å². The highest BCUT2D eigenvalue weighted by molar-refractivity contribution is 6.35. The Morgan fingerprint density at radius 1 is 1.11 bits per heavy atom. The van der Waals surface area contributed by atoms with Crippen molar-refractivity contribution < 1.29 is 18.4 Å². The van der Waals surface area contributed by atoms with Crippen molar-refractivity contribution in [1.82, 2.24) is 15.5 Å². The number of hydrogen-bond donors (Lipinski definition) is 2. The van der Waals surface area contributed by atoms with Gasteiger partial charge in [0, 0.05) is 45.5 Å². The van der Waals surface area contributed by atoms with Crippen LogP contribution in [-0.2, 0) is 9.59 Å². The van der Waals surface area contributed by atoms with Gasteiger partial charge in [-0.25, -0.2) is 4.39 Å². The molecule has 1 aromatic carbocycles. The number of amides is 2. The van der Waals surface area contributed by atoms with Gasteiger partial charge in [0.05, 0.1) is 12.3 Å².